The number of para-hydroxylation sites is 1. The minimum absolute atomic E-state index is 0.000283. The van der Waals surface area contributed by atoms with Gasteiger partial charge in [0.1, 0.15) is 0 Å². The van der Waals surface area contributed by atoms with Crippen LogP contribution in [0, 0.1) is 0 Å². The summed E-state index contributed by atoms with van der Waals surface area (Å²) in [6.45, 7) is 2.28. The van der Waals surface area contributed by atoms with Gasteiger partial charge in [0.05, 0.1) is 12.7 Å². The Bertz CT molecular complexity index is 699. The first kappa shape index (κ1) is 14.3. The molecule has 1 unspecified atom stereocenters. The van der Waals surface area contributed by atoms with Crippen LogP contribution in [0.1, 0.15) is 28.9 Å². The van der Waals surface area contributed by atoms with Crippen LogP contribution in [0.5, 0.6) is 11.5 Å². The predicted molar refractivity (Wildman–Crippen MR) is 82.4 cm³/mol. The van der Waals surface area contributed by atoms with Gasteiger partial charge in [-0.1, -0.05) is 18.2 Å². The number of hydrogen-bond acceptors (Lipinski definition) is 5. The van der Waals surface area contributed by atoms with Crippen molar-refractivity contribution < 1.29 is 19.0 Å². The maximum Gasteiger partial charge on any atom is 0.339 e. The van der Waals surface area contributed by atoms with Crippen molar-refractivity contribution in [2.24, 2.45) is 0 Å². The van der Waals surface area contributed by atoms with Gasteiger partial charge in [-0.3, -0.25) is 0 Å². The molecule has 5 nitrogen and oxygen atoms in total. The molecule has 3 rings (SSSR count). The van der Waals surface area contributed by atoms with Gasteiger partial charge in [-0.25, -0.2) is 4.79 Å². The lowest BCUT2D eigenvalue weighted by Crippen LogP contribution is -2.11. The summed E-state index contributed by atoms with van der Waals surface area (Å²) in [5.41, 5.74) is 2.29. The molecular formula is C17H17NO4. The van der Waals surface area contributed by atoms with E-state index in [9.17, 15) is 4.79 Å². The summed E-state index contributed by atoms with van der Waals surface area (Å²) >= 11 is 0. The van der Waals surface area contributed by atoms with Gasteiger partial charge in [0.15, 0.2) is 11.5 Å². The van der Waals surface area contributed by atoms with Crippen LogP contribution >= 0.6 is 0 Å². The molecule has 0 aliphatic carbocycles. The van der Waals surface area contributed by atoms with E-state index in [0.29, 0.717) is 5.56 Å². The second-order valence-corrected chi connectivity index (χ2v) is 5.02. The van der Waals surface area contributed by atoms with Gasteiger partial charge in [-0.2, -0.15) is 0 Å². The van der Waals surface area contributed by atoms with Crippen LogP contribution < -0.4 is 14.8 Å². The van der Waals surface area contributed by atoms with Gasteiger partial charge in [-0.15, -0.1) is 0 Å². The Kier molecular flexibility index (Phi) is 3.87. The van der Waals surface area contributed by atoms with Crippen molar-refractivity contribution >= 4 is 11.7 Å². The van der Waals surface area contributed by atoms with E-state index in [1.807, 2.05) is 43.3 Å². The third kappa shape index (κ3) is 2.70. The molecule has 2 aromatic rings. The quantitative estimate of drug-likeness (QED) is 0.877. The summed E-state index contributed by atoms with van der Waals surface area (Å²) in [6.07, 6.45) is 0. The summed E-state index contributed by atoms with van der Waals surface area (Å²) in [7, 11) is 1.38. The highest BCUT2D eigenvalue weighted by Crippen LogP contribution is 2.35. The SMILES string of the molecule is COC(=O)c1ccccc1NC(C)c1ccc2c(c1)OCO2. The number of fused-ring (bicyclic) bond motifs is 1. The largest absolute Gasteiger partial charge is 0.465 e. The Morgan fingerprint density at radius 1 is 1.18 bits per heavy atom. The number of rotatable bonds is 4. The molecule has 0 aromatic heterocycles. The molecule has 0 saturated carbocycles. The summed E-state index contributed by atoms with van der Waals surface area (Å²) in [5.74, 6) is 1.14. The van der Waals surface area contributed by atoms with E-state index in [1.165, 1.54) is 7.11 Å². The van der Waals surface area contributed by atoms with E-state index >= 15 is 0 Å². The van der Waals surface area contributed by atoms with Gasteiger partial charge >= 0.3 is 5.97 Å². The highest BCUT2D eigenvalue weighted by atomic mass is 16.7. The van der Waals surface area contributed by atoms with Gasteiger partial charge in [0.25, 0.3) is 0 Å². The van der Waals surface area contributed by atoms with Crippen LogP contribution in [-0.2, 0) is 4.74 Å². The minimum Gasteiger partial charge on any atom is -0.465 e. The Morgan fingerprint density at radius 3 is 2.77 bits per heavy atom. The maximum absolute atomic E-state index is 11.8. The van der Waals surface area contributed by atoms with Crippen LogP contribution in [0.4, 0.5) is 5.69 Å². The van der Waals surface area contributed by atoms with Crippen molar-refractivity contribution in [1.29, 1.82) is 0 Å². The van der Waals surface area contributed by atoms with Crippen LogP contribution in [-0.4, -0.2) is 19.9 Å². The van der Waals surface area contributed by atoms with E-state index in [1.54, 1.807) is 6.07 Å². The lowest BCUT2D eigenvalue weighted by Gasteiger charge is -2.18. The van der Waals surface area contributed by atoms with Gasteiger partial charge in [-0.05, 0) is 36.8 Å². The fourth-order valence-corrected chi connectivity index (χ4v) is 2.40. The van der Waals surface area contributed by atoms with Crippen molar-refractivity contribution in [3.8, 4) is 11.5 Å². The van der Waals surface area contributed by atoms with E-state index < -0.39 is 0 Å². The molecule has 0 bridgehead atoms. The molecular weight excluding hydrogens is 282 g/mol. The number of esters is 1. The fraction of sp³-hybridized carbons (Fsp3) is 0.235. The average Bonchev–Trinajstić information content (AvgIpc) is 3.02. The molecule has 1 aliphatic heterocycles. The molecule has 5 heteroatoms. The van der Waals surface area contributed by atoms with E-state index in [0.717, 1.165) is 22.7 Å². The Labute approximate surface area is 128 Å². The number of anilines is 1. The summed E-state index contributed by atoms with van der Waals surface area (Å²) in [4.78, 5) is 11.8. The number of nitrogens with one attached hydrogen (secondary N) is 1. The van der Waals surface area contributed by atoms with Crippen molar-refractivity contribution in [3.63, 3.8) is 0 Å². The summed E-state index contributed by atoms with van der Waals surface area (Å²) < 4.78 is 15.5. The lowest BCUT2D eigenvalue weighted by atomic mass is 10.1. The predicted octanol–water partition coefficient (Wildman–Crippen LogP) is 3.38. The number of carbonyl (C=O) groups excluding carboxylic acids is 1. The minimum atomic E-state index is -0.360. The second-order valence-electron chi connectivity index (χ2n) is 5.02. The van der Waals surface area contributed by atoms with Crippen LogP contribution in [0.3, 0.4) is 0 Å². The first-order valence-corrected chi connectivity index (χ1v) is 7.02. The number of ether oxygens (including phenoxy) is 3. The number of carbonyl (C=O) groups is 1. The molecule has 114 valence electrons. The van der Waals surface area contributed by atoms with Gasteiger partial charge in [0, 0.05) is 11.7 Å². The normalized spacial score (nSPS) is 13.5. The van der Waals surface area contributed by atoms with Gasteiger partial charge < -0.3 is 19.5 Å². The van der Waals surface area contributed by atoms with E-state index in [-0.39, 0.29) is 18.8 Å². The fourth-order valence-electron chi connectivity index (χ4n) is 2.40. The third-order valence-electron chi connectivity index (χ3n) is 3.60. The van der Waals surface area contributed by atoms with Crippen molar-refractivity contribution in [2.45, 2.75) is 13.0 Å². The van der Waals surface area contributed by atoms with E-state index in [4.69, 9.17) is 14.2 Å². The topological polar surface area (TPSA) is 56.8 Å². The molecule has 0 amide bonds. The number of methoxy groups -OCH3 is 1. The molecule has 0 spiro atoms. The summed E-state index contributed by atoms with van der Waals surface area (Å²) in [5, 5.41) is 3.34. The Morgan fingerprint density at radius 2 is 1.95 bits per heavy atom. The van der Waals surface area contributed by atoms with E-state index in [2.05, 4.69) is 5.32 Å². The number of hydrogen-bond donors (Lipinski definition) is 1. The lowest BCUT2D eigenvalue weighted by molar-refractivity contribution is 0.0602. The van der Waals surface area contributed by atoms with Crippen LogP contribution in [0.2, 0.25) is 0 Å². The highest BCUT2D eigenvalue weighted by Gasteiger charge is 2.17. The van der Waals surface area contributed by atoms with Crippen molar-refractivity contribution in [2.75, 3.05) is 19.2 Å². The molecule has 1 heterocycles. The summed E-state index contributed by atoms with van der Waals surface area (Å²) in [6, 6.07) is 13.1. The van der Waals surface area contributed by atoms with Crippen molar-refractivity contribution in [3.05, 3.63) is 53.6 Å². The monoisotopic (exact) mass is 299 g/mol. The Hall–Kier alpha value is -2.69. The molecule has 1 atom stereocenters. The molecule has 0 saturated heterocycles. The smallest absolute Gasteiger partial charge is 0.339 e. The molecule has 1 N–H and O–H groups in total. The zero-order valence-electron chi connectivity index (χ0n) is 12.5. The standard InChI is InChI=1S/C17H17NO4/c1-11(12-7-8-15-16(9-12)22-10-21-15)18-14-6-4-3-5-13(14)17(19)20-2/h3-9,11,18H,10H2,1-2H3. The van der Waals surface area contributed by atoms with Crippen LogP contribution in [0.25, 0.3) is 0 Å². The third-order valence-corrected chi connectivity index (χ3v) is 3.60. The average molecular weight is 299 g/mol. The highest BCUT2D eigenvalue weighted by molar-refractivity contribution is 5.95. The van der Waals surface area contributed by atoms with Gasteiger partial charge in [0.2, 0.25) is 6.79 Å². The number of benzene rings is 2. The van der Waals surface area contributed by atoms with Crippen molar-refractivity contribution in [1.82, 2.24) is 0 Å². The molecule has 0 radical (unpaired) electrons. The zero-order chi connectivity index (χ0) is 15.5. The Balaban J connectivity index is 1.83. The second kappa shape index (κ2) is 5.97. The first-order valence-electron chi connectivity index (χ1n) is 7.02. The maximum atomic E-state index is 11.8. The molecule has 2 aromatic carbocycles. The zero-order valence-corrected chi connectivity index (χ0v) is 12.5. The first-order chi connectivity index (χ1) is 10.7. The molecule has 0 fully saturated rings. The van der Waals surface area contributed by atoms with Crippen LogP contribution in [0.15, 0.2) is 42.5 Å². The molecule has 1 aliphatic rings. The molecule has 22 heavy (non-hydrogen) atoms.